The van der Waals surface area contributed by atoms with Crippen LogP contribution in [-0.2, 0) is 0 Å². The van der Waals surface area contributed by atoms with Gasteiger partial charge in [0, 0.05) is 6.54 Å². The summed E-state index contributed by atoms with van der Waals surface area (Å²) in [7, 11) is 0. The first-order valence-electron chi connectivity index (χ1n) is 4.76. The first-order chi connectivity index (χ1) is 7.56. The Bertz CT molecular complexity index is 420. The molecule has 86 valence electrons. The number of primary amides is 1. The van der Waals surface area contributed by atoms with E-state index in [0.29, 0.717) is 18.1 Å². The van der Waals surface area contributed by atoms with Crippen LogP contribution in [0, 0.1) is 0 Å². The van der Waals surface area contributed by atoms with Crippen molar-refractivity contribution in [2.24, 2.45) is 11.5 Å². The lowest BCUT2D eigenvalue weighted by Crippen LogP contribution is -2.21. The van der Waals surface area contributed by atoms with Gasteiger partial charge in [-0.05, 0) is 6.42 Å². The van der Waals surface area contributed by atoms with Gasteiger partial charge in [-0.2, -0.15) is 0 Å². The van der Waals surface area contributed by atoms with Gasteiger partial charge in [0.05, 0.1) is 6.20 Å². The van der Waals surface area contributed by atoms with Crippen LogP contribution in [-0.4, -0.2) is 27.4 Å². The second kappa shape index (κ2) is 5.36. The molecule has 0 saturated carbocycles. The number of anilines is 1. The minimum atomic E-state index is -0.638. The van der Waals surface area contributed by atoms with Crippen molar-refractivity contribution < 1.29 is 4.79 Å². The molecular weight excluding hydrogens is 226 g/mol. The van der Waals surface area contributed by atoms with Crippen molar-refractivity contribution in [2.45, 2.75) is 13.3 Å². The monoisotopic (exact) mass is 239 g/mol. The number of aromatic nitrogens is 2. The van der Waals surface area contributed by atoms with Crippen LogP contribution in [0.15, 0.2) is 6.20 Å². The molecule has 0 aliphatic heterocycles. The summed E-state index contributed by atoms with van der Waals surface area (Å²) in [5, 5.41) is 2.95. The molecule has 5 N–H and O–H groups in total. The quantitative estimate of drug-likeness (QED) is 0.626. The summed E-state index contributed by atoms with van der Waals surface area (Å²) in [4.78, 5) is 19.2. The summed E-state index contributed by atoms with van der Waals surface area (Å²) >= 11 is 4.77. The van der Waals surface area contributed by atoms with Crippen LogP contribution in [0.1, 0.15) is 29.5 Å². The maximum absolute atomic E-state index is 11.1. The van der Waals surface area contributed by atoms with Crippen LogP contribution in [0.3, 0.4) is 0 Å². The standard InChI is InChI=1S/C9H13N5OS/c1-2-3-12-9-6(7(10)15)13-4-5(14-9)8(11)16/h4H,2-3H2,1H3,(H2,10,15)(H2,11,16)(H,12,14). The summed E-state index contributed by atoms with van der Waals surface area (Å²) in [6, 6.07) is 0. The van der Waals surface area contributed by atoms with Gasteiger partial charge in [0.25, 0.3) is 5.91 Å². The van der Waals surface area contributed by atoms with Gasteiger partial charge in [-0.25, -0.2) is 9.97 Å². The van der Waals surface area contributed by atoms with E-state index in [1.54, 1.807) is 0 Å². The lowest BCUT2D eigenvalue weighted by Gasteiger charge is -2.08. The van der Waals surface area contributed by atoms with E-state index in [0.717, 1.165) is 6.42 Å². The predicted molar refractivity (Wildman–Crippen MR) is 65.2 cm³/mol. The van der Waals surface area contributed by atoms with E-state index in [-0.39, 0.29) is 10.7 Å². The van der Waals surface area contributed by atoms with E-state index in [1.807, 2.05) is 6.92 Å². The molecule has 1 heterocycles. The van der Waals surface area contributed by atoms with Crippen molar-refractivity contribution in [3.05, 3.63) is 17.6 Å². The highest BCUT2D eigenvalue weighted by Gasteiger charge is 2.12. The first-order valence-corrected chi connectivity index (χ1v) is 5.17. The maximum atomic E-state index is 11.1. The molecule has 0 bridgehead atoms. The second-order valence-electron chi connectivity index (χ2n) is 3.11. The van der Waals surface area contributed by atoms with E-state index in [1.165, 1.54) is 6.20 Å². The third-order valence-corrected chi connectivity index (χ3v) is 2.01. The zero-order valence-corrected chi connectivity index (χ0v) is 9.67. The van der Waals surface area contributed by atoms with Crippen molar-refractivity contribution in [1.82, 2.24) is 9.97 Å². The third-order valence-electron chi connectivity index (χ3n) is 1.80. The number of nitrogens with two attached hydrogens (primary N) is 2. The van der Waals surface area contributed by atoms with Crippen LogP contribution >= 0.6 is 12.2 Å². The normalized spacial score (nSPS) is 9.81. The molecule has 0 aliphatic rings. The number of rotatable bonds is 5. The third kappa shape index (κ3) is 2.86. The highest BCUT2D eigenvalue weighted by atomic mass is 32.1. The molecule has 0 radical (unpaired) electrons. The summed E-state index contributed by atoms with van der Waals surface area (Å²) in [5.74, 6) is -0.319. The summed E-state index contributed by atoms with van der Waals surface area (Å²) < 4.78 is 0. The van der Waals surface area contributed by atoms with Crippen LogP contribution in [0.5, 0.6) is 0 Å². The number of thiocarbonyl (C=S) groups is 1. The Morgan fingerprint density at radius 2 is 2.25 bits per heavy atom. The Kier molecular flexibility index (Phi) is 4.12. The van der Waals surface area contributed by atoms with Crippen molar-refractivity contribution in [1.29, 1.82) is 0 Å². The van der Waals surface area contributed by atoms with Gasteiger partial charge in [0.2, 0.25) is 0 Å². The SMILES string of the molecule is CCCNc1nc(C(N)=S)cnc1C(N)=O. The minimum Gasteiger partial charge on any atom is -0.388 e. The summed E-state index contributed by atoms with van der Waals surface area (Å²) in [6.45, 7) is 2.65. The van der Waals surface area contributed by atoms with Gasteiger partial charge in [-0.3, -0.25) is 4.79 Å². The van der Waals surface area contributed by atoms with Gasteiger partial charge >= 0.3 is 0 Å². The maximum Gasteiger partial charge on any atom is 0.271 e. The number of hydrogen-bond acceptors (Lipinski definition) is 5. The Morgan fingerprint density at radius 1 is 1.56 bits per heavy atom. The molecule has 0 spiro atoms. The fourth-order valence-corrected chi connectivity index (χ4v) is 1.15. The van der Waals surface area contributed by atoms with Crippen molar-refractivity contribution in [3.8, 4) is 0 Å². The molecule has 6 nitrogen and oxygen atoms in total. The average Bonchev–Trinajstić information content (AvgIpc) is 2.25. The summed E-state index contributed by atoms with van der Waals surface area (Å²) in [5.41, 5.74) is 11.0. The van der Waals surface area contributed by atoms with E-state index in [2.05, 4.69) is 15.3 Å². The molecule has 0 aliphatic carbocycles. The average molecular weight is 239 g/mol. The molecule has 0 saturated heterocycles. The number of nitrogens with zero attached hydrogens (tertiary/aromatic N) is 2. The molecule has 0 unspecified atom stereocenters. The summed E-state index contributed by atoms with van der Waals surface area (Å²) in [6.07, 6.45) is 2.22. The molecule has 0 aromatic carbocycles. The Morgan fingerprint density at radius 3 is 2.75 bits per heavy atom. The highest BCUT2D eigenvalue weighted by molar-refractivity contribution is 7.80. The lowest BCUT2D eigenvalue weighted by molar-refractivity contribution is 0.0996. The van der Waals surface area contributed by atoms with Crippen LogP contribution < -0.4 is 16.8 Å². The molecule has 1 rings (SSSR count). The van der Waals surface area contributed by atoms with E-state index in [4.69, 9.17) is 23.7 Å². The Labute approximate surface area is 98.4 Å². The number of carbonyl (C=O) groups is 1. The molecule has 0 atom stereocenters. The van der Waals surface area contributed by atoms with E-state index >= 15 is 0 Å². The molecule has 1 amide bonds. The van der Waals surface area contributed by atoms with Gasteiger partial charge in [0.1, 0.15) is 10.7 Å². The Hall–Kier alpha value is -1.76. The van der Waals surface area contributed by atoms with Crippen LogP contribution in [0.4, 0.5) is 5.82 Å². The molecule has 0 fully saturated rings. The van der Waals surface area contributed by atoms with Crippen LogP contribution in [0.2, 0.25) is 0 Å². The molecule has 7 heteroatoms. The fourth-order valence-electron chi connectivity index (χ4n) is 1.05. The highest BCUT2D eigenvalue weighted by Crippen LogP contribution is 2.09. The number of nitrogens with one attached hydrogen (secondary N) is 1. The minimum absolute atomic E-state index is 0.0912. The molecule has 1 aromatic heterocycles. The molecule has 1 aromatic rings. The van der Waals surface area contributed by atoms with Gasteiger partial charge in [-0.15, -0.1) is 0 Å². The van der Waals surface area contributed by atoms with Crippen LogP contribution in [0.25, 0.3) is 0 Å². The predicted octanol–water partition coefficient (Wildman–Crippen LogP) is 0.0316. The largest absolute Gasteiger partial charge is 0.388 e. The van der Waals surface area contributed by atoms with E-state index in [9.17, 15) is 4.79 Å². The van der Waals surface area contributed by atoms with Crippen molar-refractivity contribution in [3.63, 3.8) is 0 Å². The number of hydrogen-bond donors (Lipinski definition) is 3. The zero-order valence-electron chi connectivity index (χ0n) is 8.86. The van der Waals surface area contributed by atoms with Gasteiger partial charge < -0.3 is 16.8 Å². The number of carbonyl (C=O) groups excluding carboxylic acids is 1. The van der Waals surface area contributed by atoms with Gasteiger partial charge in [-0.1, -0.05) is 19.1 Å². The number of amides is 1. The van der Waals surface area contributed by atoms with Gasteiger partial charge in [0.15, 0.2) is 11.5 Å². The topological polar surface area (TPSA) is 107 Å². The molecule has 16 heavy (non-hydrogen) atoms. The van der Waals surface area contributed by atoms with Crippen molar-refractivity contribution >= 4 is 28.9 Å². The second-order valence-corrected chi connectivity index (χ2v) is 3.55. The Balaban J connectivity index is 3.10. The molecular formula is C9H13N5OS. The fraction of sp³-hybridized carbons (Fsp3) is 0.333. The zero-order chi connectivity index (χ0) is 12.1. The smallest absolute Gasteiger partial charge is 0.271 e. The lowest BCUT2D eigenvalue weighted by atomic mass is 10.3. The van der Waals surface area contributed by atoms with E-state index < -0.39 is 5.91 Å². The first kappa shape index (κ1) is 12.3. The van der Waals surface area contributed by atoms with Crippen molar-refractivity contribution in [2.75, 3.05) is 11.9 Å².